The number of fused-ring (bicyclic) bond motifs is 1. The van der Waals surface area contributed by atoms with Crippen molar-refractivity contribution in [2.45, 2.75) is 44.6 Å². The van der Waals surface area contributed by atoms with Gasteiger partial charge < -0.3 is 10.3 Å². The lowest BCUT2D eigenvalue weighted by Gasteiger charge is -2.22. The molecule has 5 heteroatoms. The minimum absolute atomic E-state index is 0.0666. The zero-order valence-corrected chi connectivity index (χ0v) is 13.0. The highest BCUT2D eigenvalue weighted by atomic mass is 16.2. The Morgan fingerprint density at radius 3 is 2.83 bits per heavy atom. The zero-order chi connectivity index (χ0) is 15.6. The van der Waals surface area contributed by atoms with Gasteiger partial charge in [-0.3, -0.25) is 9.79 Å². The van der Waals surface area contributed by atoms with Crippen LogP contribution in [0, 0.1) is 0 Å². The van der Waals surface area contributed by atoms with Gasteiger partial charge in [-0.1, -0.05) is 37.5 Å². The summed E-state index contributed by atoms with van der Waals surface area (Å²) in [4.78, 5) is 24.6. The Labute approximate surface area is 135 Å². The molecule has 0 spiro atoms. The number of para-hydroxylation sites is 1. The maximum absolute atomic E-state index is 12.6. The van der Waals surface area contributed by atoms with Crippen LogP contribution >= 0.6 is 0 Å². The lowest BCUT2D eigenvalue weighted by molar-refractivity contribution is 0.0923. The molecule has 2 heterocycles. The number of aliphatic imine (C=N–C) groups is 1. The van der Waals surface area contributed by atoms with Crippen molar-refractivity contribution in [1.82, 2.24) is 15.3 Å². The second-order valence-electron chi connectivity index (χ2n) is 6.30. The number of imidazole rings is 1. The van der Waals surface area contributed by atoms with Crippen LogP contribution in [0.15, 0.2) is 35.6 Å². The van der Waals surface area contributed by atoms with Crippen LogP contribution in [0.25, 0.3) is 0 Å². The maximum Gasteiger partial charge on any atom is 0.270 e. The maximum atomic E-state index is 12.6. The molecule has 118 valence electrons. The molecule has 0 atom stereocenters. The van der Waals surface area contributed by atoms with Gasteiger partial charge in [0.25, 0.3) is 5.91 Å². The molecular formula is C18H20N4O. The summed E-state index contributed by atoms with van der Waals surface area (Å²) in [7, 11) is 0. The van der Waals surface area contributed by atoms with Gasteiger partial charge in [0, 0.05) is 12.5 Å². The van der Waals surface area contributed by atoms with Gasteiger partial charge in [-0.25, -0.2) is 4.98 Å². The van der Waals surface area contributed by atoms with Crippen molar-refractivity contribution in [3.8, 4) is 0 Å². The summed E-state index contributed by atoms with van der Waals surface area (Å²) in [5, 5.41) is 3.14. The summed E-state index contributed by atoms with van der Waals surface area (Å²) in [5.74, 6) is -0.0666. The van der Waals surface area contributed by atoms with Crippen LogP contribution in [0.3, 0.4) is 0 Å². The highest BCUT2D eigenvalue weighted by molar-refractivity contribution is 6.11. The summed E-state index contributed by atoms with van der Waals surface area (Å²) in [6, 6.07) is 8.34. The Morgan fingerprint density at radius 2 is 2.00 bits per heavy atom. The number of amides is 1. The second-order valence-corrected chi connectivity index (χ2v) is 6.30. The van der Waals surface area contributed by atoms with E-state index in [1.165, 1.54) is 24.8 Å². The molecule has 1 saturated carbocycles. The Balaban J connectivity index is 1.54. The van der Waals surface area contributed by atoms with Crippen LogP contribution in [0.2, 0.25) is 0 Å². The van der Waals surface area contributed by atoms with Crippen LogP contribution in [0.4, 0.5) is 5.69 Å². The molecule has 2 aliphatic rings. The van der Waals surface area contributed by atoms with Crippen LogP contribution < -0.4 is 5.32 Å². The van der Waals surface area contributed by atoms with Crippen molar-refractivity contribution in [2.75, 3.05) is 0 Å². The number of aromatic amines is 1. The molecule has 1 fully saturated rings. The minimum Gasteiger partial charge on any atom is -0.348 e. The normalized spacial score (nSPS) is 17.7. The lowest BCUT2D eigenvalue weighted by atomic mass is 9.95. The predicted molar refractivity (Wildman–Crippen MR) is 89.3 cm³/mol. The lowest BCUT2D eigenvalue weighted by Crippen LogP contribution is -2.37. The van der Waals surface area contributed by atoms with Crippen molar-refractivity contribution < 1.29 is 4.79 Å². The number of benzene rings is 1. The van der Waals surface area contributed by atoms with E-state index in [0.717, 1.165) is 30.7 Å². The van der Waals surface area contributed by atoms with E-state index in [1.807, 2.05) is 18.2 Å². The molecule has 23 heavy (non-hydrogen) atoms. The third kappa shape index (κ3) is 2.79. The number of aromatic nitrogens is 2. The first kappa shape index (κ1) is 14.2. The summed E-state index contributed by atoms with van der Waals surface area (Å²) < 4.78 is 0. The van der Waals surface area contributed by atoms with E-state index in [-0.39, 0.29) is 11.9 Å². The van der Waals surface area contributed by atoms with Crippen molar-refractivity contribution >= 4 is 17.3 Å². The Kier molecular flexibility index (Phi) is 3.69. The first-order valence-electron chi connectivity index (χ1n) is 8.31. The SMILES string of the molecule is O=C(NC1CCCCC1)c1[nH]cnc1C1=Nc2ccccc2C1. The highest BCUT2D eigenvalue weighted by Gasteiger charge is 2.25. The molecule has 1 aromatic carbocycles. The predicted octanol–water partition coefficient (Wildman–Crippen LogP) is 3.15. The molecule has 0 radical (unpaired) electrons. The Bertz CT molecular complexity index is 756. The fourth-order valence-corrected chi connectivity index (χ4v) is 3.46. The number of nitrogens with zero attached hydrogens (tertiary/aromatic N) is 2. The first-order chi connectivity index (χ1) is 11.3. The van der Waals surface area contributed by atoms with Crippen molar-refractivity contribution in [2.24, 2.45) is 4.99 Å². The average Bonchev–Trinajstić information content (AvgIpc) is 3.22. The summed E-state index contributed by atoms with van der Waals surface area (Å²) in [6.07, 6.45) is 8.12. The average molecular weight is 308 g/mol. The molecule has 2 N–H and O–H groups in total. The number of hydrogen-bond donors (Lipinski definition) is 2. The van der Waals surface area contributed by atoms with Crippen LogP contribution in [-0.4, -0.2) is 27.6 Å². The van der Waals surface area contributed by atoms with E-state index >= 15 is 0 Å². The molecule has 1 aliphatic carbocycles. The molecular weight excluding hydrogens is 288 g/mol. The van der Waals surface area contributed by atoms with Gasteiger partial charge in [-0.15, -0.1) is 0 Å². The van der Waals surface area contributed by atoms with Gasteiger partial charge in [-0.05, 0) is 24.5 Å². The standard InChI is InChI=1S/C18H20N4O/c23-18(21-13-7-2-1-3-8-13)17-16(19-11-20-17)15-10-12-6-4-5-9-14(12)22-15/h4-6,9,11,13H,1-3,7-8,10H2,(H,19,20)(H,21,23). The highest BCUT2D eigenvalue weighted by Crippen LogP contribution is 2.28. The van der Waals surface area contributed by atoms with Crippen LogP contribution in [-0.2, 0) is 6.42 Å². The van der Waals surface area contributed by atoms with E-state index < -0.39 is 0 Å². The largest absolute Gasteiger partial charge is 0.348 e. The van der Waals surface area contributed by atoms with Crippen LogP contribution in [0.5, 0.6) is 0 Å². The fraction of sp³-hybridized carbons (Fsp3) is 0.389. The molecule has 4 rings (SSSR count). The Morgan fingerprint density at radius 1 is 1.17 bits per heavy atom. The van der Waals surface area contributed by atoms with E-state index in [0.29, 0.717) is 11.4 Å². The minimum atomic E-state index is -0.0666. The van der Waals surface area contributed by atoms with Gasteiger partial charge in [-0.2, -0.15) is 0 Å². The summed E-state index contributed by atoms with van der Waals surface area (Å²) in [6.45, 7) is 0. The van der Waals surface area contributed by atoms with E-state index in [2.05, 4.69) is 26.3 Å². The molecule has 5 nitrogen and oxygen atoms in total. The van der Waals surface area contributed by atoms with E-state index in [1.54, 1.807) is 6.33 Å². The number of carbonyl (C=O) groups excluding carboxylic acids is 1. The van der Waals surface area contributed by atoms with E-state index in [4.69, 9.17) is 0 Å². The van der Waals surface area contributed by atoms with Crippen LogP contribution in [0.1, 0.15) is 53.8 Å². The van der Waals surface area contributed by atoms with Gasteiger partial charge in [0.05, 0.1) is 17.7 Å². The van der Waals surface area contributed by atoms with Gasteiger partial charge in [0.15, 0.2) is 0 Å². The molecule has 1 aliphatic heterocycles. The summed E-state index contributed by atoms with van der Waals surface area (Å²) >= 11 is 0. The first-order valence-corrected chi connectivity index (χ1v) is 8.31. The molecule has 2 aromatic rings. The number of carbonyl (C=O) groups is 1. The molecule has 0 saturated heterocycles. The smallest absolute Gasteiger partial charge is 0.270 e. The van der Waals surface area contributed by atoms with E-state index in [9.17, 15) is 4.79 Å². The monoisotopic (exact) mass is 308 g/mol. The molecule has 1 amide bonds. The van der Waals surface area contributed by atoms with Gasteiger partial charge in [0.1, 0.15) is 11.4 Å². The topological polar surface area (TPSA) is 70.1 Å². The molecule has 0 bridgehead atoms. The number of H-pyrrole nitrogens is 1. The number of hydrogen-bond acceptors (Lipinski definition) is 3. The third-order valence-corrected chi connectivity index (χ3v) is 4.69. The van der Waals surface area contributed by atoms with Crippen molar-refractivity contribution in [1.29, 1.82) is 0 Å². The Hall–Kier alpha value is -2.43. The summed E-state index contributed by atoms with van der Waals surface area (Å²) in [5.41, 5.74) is 4.23. The zero-order valence-electron chi connectivity index (χ0n) is 13.0. The quantitative estimate of drug-likeness (QED) is 0.914. The number of nitrogens with one attached hydrogen (secondary N) is 2. The van der Waals surface area contributed by atoms with Gasteiger partial charge in [0.2, 0.25) is 0 Å². The molecule has 1 aromatic heterocycles. The fourth-order valence-electron chi connectivity index (χ4n) is 3.46. The molecule has 0 unspecified atom stereocenters. The third-order valence-electron chi connectivity index (χ3n) is 4.69. The van der Waals surface area contributed by atoms with Crippen molar-refractivity contribution in [3.63, 3.8) is 0 Å². The van der Waals surface area contributed by atoms with Crippen molar-refractivity contribution in [3.05, 3.63) is 47.5 Å². The van der Waals surface area contributed by atoms with Gasteiger partial charge >= 0.3 is 0 Å². The second kappa shape index (κ2) is 5.99. The number of rotatable bonds is 3.